The van der Waals surface area contributed by atoms with Gasteiger partial charge in [-0.05, 0) is 25.3 Å². The van der Waals surface area contributed by atoms with Crippen molar-refractivity contribution in [3.8, 4) is 0 Å². The van der Waals surface area contributed by atoms with Gasteiger partial charge in [0.15, 0.2) is 0 Å². The van der Waals surface area contributed by atoms with Crippen LogP contribution in [-0.4, -0.2) is 37.1 Å². The van der Waals surface area contributed by atoms with Crippen LogP contribution < -0.4 is 0 Å². The maximum Gasteiger partial charge on any atom is 0.320 e. The Hall–Kier alpha value is -0.570. The predicted octanol–water partition coefficient (Wildman–Crippen LogP) is 1.28. The molecule has 0 aromatic rings. The van der Waals surface area contributed by atoms with E-state index in [0.29, 0.717) is 18.6 Å². The van der Waals surface area contributed by atoms with Crippen LogP contribution in [0.2, 0.25) is 0 Å². The lowest BCUT2D eigenvalue weighted by molar-refractivity contribution is -0.144. The average molecular weight is 185 g/mol. The number of rotatable bonds is 3. The van der Waals surface area contributed by atoms with Crippen molar-refractivity contribution in [3.05, 3.63) is 0 Å². The van der Waals surface area contributed by atoms with Crippen LogP contribution in [0.25, 0.3) is 0 Å². The molecule has 1 aliphatic heterocycles. The van der Waals surface area contributed by atoms with Crippen LogP contribution in [0.5, 0.6) is 0 Å². The van der Waals surface area contributed by atoms with E-state index in [9.17, 15) is 4.79 Å². The molecule has 0 aliphatic carbocycles. The summed E-state index contributed by atoms with van der Waals surface area (Å²) >= 11 is 0. The zero-order chi connectivity index (χ0) is 9.90. The van der Waals surface area contributed by atoms with Gasteiger partial charge in [0.1, 0.15) is 0 Å². The normalized spacial score (nSPS) is 21.8. The van der Waals surface area contributed by atoms with Gasteiger partial charge < -0.3 is 4.74 Å². The van der Waals surface area contributed by atoms with Crippen molar-refractivity contribution in [1.29, 1.82) is 0 Å². The van der Waals surface area contributed by atoms with Crippen LogP contribution in [0, 0.1) is 5.41 Å². The van der Waals surface area contributed by atoms with Gasteiger partial charge in [0, 0.05) is 6.54 Å². The minimum atomic E-state index is -0.0970. The summed E-state index contributed by atoms with van der Waals surface area (Å²) in [5, 5.41) is 0. The molecule has 1 aliphatic rings. The summed E-state index contributed by atoms with van der Waals surface area (Å²) in [6.07, 6.45) is 1.17. The maximum absolute atomic E-state index is 11.1. The number of ether oxygens (including phenoxy) is 1. The summed E-state index contributed by atoms with van der Waals surface area (Å²) < 4.78 is 4.89. The summed E-state index contributed by atoms with van der Waals surface area (Å²) in [7, 11) is 0. The van der Waals surface area contributed by atoms with E-state index in [1.807, 2.05) is 6.92 Å². The average Bonchev–Trinajstić information content (AvgIpc) is 2.30. The fourth-order valence-electron chi connectivity index (χ4n) is 1.75. The molecule has 0 amide bonds. The molecule has 0 spiro atoms. The highest BCUT2D eigenvalue weighted by atomic mass is 16.5. The Balaban J connectivity index is 2.28. The highest BCUT2D eigenvalue weighted by molar-refractivity contribution is 5.71. The van der Waals surface area contributed by atoms with E-state index in [4.69, 9.17) is 4.74 Å². The molecule has 0 aromatic carbocycles. The molecular weight excluding hydrogens is 166 g/mol. The third-order valence-corrected chi connectivity index (χ3v) is 2.41. The molecule has 76 valence electrons. The molecule has 1 heterocycles. The van der Waals surface area contributed by atoms with Crippen LogP contribution in [0.1, 0.15) is 27.2 Å². The Morgan fingerprint density at radius 2 is 2.23 bits per heavy atom. The first-order valence-electron chi connectivity index (χ1n) is 4.91. The van der Waals surface area contributed by atoms with E-state index < -0.39 is 0 Å². The third-order valence-electron chi connectivity index (χ3n) is 2.41. The first-order chi connectivity index (χ1) is 6.03. The Labute approximate surface area is 80.1 Å². The SMILES string of the molecule is CCOC(=O)CN1CCC(C)(C)C1. The van der Waals surface area contributed by atoms with Crippen LogP contribution >= 0.6 is 0 Å². The second-order valence-corrected chi connectivity index (χ2v) is 4.43. The number of carbonyl (C=O) groups excluding carboxylic acids is 1. The van der Waals surface area contributed by atoms with Gasteiger partial charge in [0.25, 0.3) is 0 Å². The van der Waals surface area contributed by atoms with Gasteiger partial charge >= 0.3 is 5.97 Å². The summed E-state index contributed by atoms with van der Waals surface area (Å²) in [4.78, 5) is 13.3. The van der Waals surface area contributed by atoms with Gasteiger partial charge in [-0.25, -0.2) is 0 Å². The van der Waals surface area contributed by atoms with Crippen molar-refractivity contribution in [2.24, 2.45) is 5.41 Å². The van der Waals surface area contributed by atoms with E-state index in [1.54, 1.807) is 0 Å². The number of hydrogen-bond acceptors (Lipinski definition) is 3. The standard InChI is InChI=1S/C10H19NO2/c1-4-13-9(12)7-11-6-5-10(2,3)8-11/h4-8H2,1-3H3. The zero-order valence-corrected chi connectivity index (χ0v) is 8.80. The highest BCUT2D eigenvalue weighted by Gasteiger charge is 2.30. The van der Waals surface area contributed by atoms with E-state index in [1.165, 1.54) is 6.42 Å². The monoisotopic (exact) mass is 185 g/mol. The van der Waals surface area contributed by atoms with Crippen LogP contribution in [0.3, 0.4) is 0 Å². The zero-order valence-electron chi connectivity index (χ0n) is 8.80. The largest absolute Gasteiger partial charge is 0.465 e. The molecule has 0 bridgehead atoms. The Bertz CT molecular complexity index is 189. The molecule has 0 aromatic heterocycles. The minimum absolute atomic E-state index is 0.0970. The van der Waals surface area contributed by atoms with Gasteiger partial charge in [0.2, 0.25) is 0 Å². The molecule has 1 rings (SSSR count). The number of hydrogen-bond donors (Lipinski definition) is 0. The van der Waals surface area contributed by atoms with Crippen molar-refractivity contribution in [1.82, 2.24) is 4.90 Å². The third kappa shape index (κ3) is 3.35. The van der Waals surface area contributed by atoms with Gasteiger partial charge in [-0.3, -0.25) is 9.69 Å². The molecule has 1 saturated heterocycles. The Kier molecular flexibility index (Phi) is 3.31. The van der Waals surface area contributed by atoms with Crippen molar-refractivity contribution in [3.63, 3.8) is 0 Å². The lowest BCUT2D eigenvalue weighted by Gasteiger charge is -2.18. The first-order valence-corrected chi connectivity index (χ1v) is 4.91. The lowest BCUT2D eigenvalue weighted by Crippen LogP contribution is -2.30. The Morgan fingerprint density at radius 1 is 1.54 bits per heavy atom. The molecule has 3 nitrogen and oxygen atoms in total. The second kappa shape index (κ2) is 4.09. The fourth-order valence-corrected chi connectivity index (χ4v) is 1.75. The molecular formula is C10H19NO2. The number of likely N-dealkylation sites (tertiary alicyclic amines) is 1. The second-order valence-electron chi connectivity index (χ2n) is 4.43. The summed E-state index contributed by atoms with van der Waals surface area (Å²) in [5.74, 6) is -0.0970. The molecule has 0 atom stereocenters. The summed E-state index contributed by atoms with van der Waals surface area (Å²) in [5.41, 5.74) is 0.368. The molecule has 0 saturated carbocycles. The van der Waals surface area contributed by atoms with E-state index in [-0.39, 0.29) is 5.97 Å². The predicted molar refractivity (Wildman–Crippen MR) is 51.5 cm³/mol. The number of carbonyl (C=O) groups is 1. The van der Waals surface area contributed by atoms with Gasteiger partial charge in [-0.2, -0.15) is 0 Å². The minimum Gasteiger partial charge on any atom is -0.465 e. The van der Waals surface area contributed by atoms with Crippen LogP contribution in [0.4, 0.5) is 0 Å². The van der Waals surface area contributed by atoms with Gasteiger partial charge in [0.05, 0.1) is 13.2 Å². The summed E-state index contributed by atoms with van der Waals surface area (Å²) in [6.45, 7) is 9.27. The van der Waals surface area contributed by atoms with Crippen molar-refractivity contribution in [2.75, 3.05) is 26.2 Å². The van der Waals surface area contributed by atoms with Crippen LogP contribution in [-0.2, 0) is 9.53 Å². The number of esters is 1. The van der Waals surface area contributed by atoms with E-state index in [2.05, 4.69) is 18.7 Å². The van der Waals surface area contributed by atoms with Gasteiger partial charge in [-0.15, -0.1) is 0 Å². The lowest BCUT2D eigenvalue weighted by atomic mass is 9.93. The molecule has 1 fully saturated rings. The van der Waals surface area contributed by atoms with Crippen LogP contribution in [0.15, 0.2) is 0 Å². The van der Waals surface area contributed by atoms with E-state index in [0.717, 1.165) is 13.1 Å². The van der Waals surface area contributed by atoms with Crippen molar-refractivity contribution in [2.45, 2.75) is 27.2 Å². The topological polar surface area (TPSA) is 29.5 Å². The Morgan fingerprint density at radius 3 is 2.69 bits per heavy atom. The number of nitrogens with zero attached hydrogens (tertiary/aromatic N) is 1. The highest BCUT2D eigenvalue weighted by Crippen LogP contribution is 2.28. The van der Waals surface area contributed by atoms with Crippen molar-refractivity contribution < 1.29 is 9.53 Å². The smallest absolute Gasteiger partial charge is 0.320 e. The first kappa shape index (κ1) is 10.5. The quantitative estimate of drug-likeness (QED) is 0.620. The molecule has 0 unspecified atom stereocenters. The van der Waals surface area contributed by atoms with Crippen molar-refractivity contribution >= 4 is 5.97 Å². The molecule has 13 heavy (non-hydrogen) atoms. The van der Waals surface area contributed by atoms with E-state index >= 15 is 0 Å². The van der Waals surface area contributed by atoms with Gasteiger partial charge in [-0.1, -0.05) is 13.8 Å². The maximum atomic E-state index is 11.1. The molecule has 3 heteroatoms. The fraction of sp³-hybridized carbons (Fsp3) is 0.900. The molecule has 0 N–H and O–H groups in total. The molecule has 0 radical (unpaired) electrons. The summed E-state index contributed by atoms with van der Waals surface area (Å²) in [6, 6.07) is 0.